The zero-order valence-corrected chi connectivity index (χ0v) is 27.3. The Bertz CT molecular complexity index is 1930. The molecule has 1 amide bonds. The Morgan fingerprint density at radius 1 is 1.16 bits per heavy atom. The number of carbonyl (C=O) groups is 1. The van der Waals surface area contributed by atoms with E-state index in [1.165, 1.54) is 19.2 Å². The quantitative estimate of drug-likeness (QED) is 0.235. The molecule has 2 aromatic heterocycles. The van der Waals surface area contributed by atoms with E-state index in [4.69, 9.17) is 26.3 Å². The van der Waals surface area contributed by atoms with Crippen molar-refractivity contribution in [2.45, 2.75) is 12.2 Å². The zero-order chi connectivity index (χ0) is 32.6. The van der Waals surface area contributed by atoms with Gasteiger partial charge >= 0.3 is 0 Å². The molecule has 5 rings (SSSR count). The largest absolute Gasteiger partial charge is 0.494 e. The molecule has 0 bridgehead atoms. The molecule has 1 aliphatic heterocycles. The minimum absolute atomic E-state index is 0.0458. The van der Waals surface area contributed by atoms with Crippen molar-refractivity contribution in [1.29, 1.82) is 0 Å². The smallest absolute Gasteiger partial charge is 0.266 e. The SMILES string of the molecule is C=C(Cl)C(=O)Nc1cc(Nc2nc3c(c(-c4cn(C)c5ccc(F)cc45)n2)CS(=O)(=O)CC3)c(OC)cc1N(C)CCN(C)C. The lowest BCUT2D eigenvalue weighted by Crippen LogP contribution is -2.29. The number of fused-ring (bicyclic) bond motifs is 2. The number of carbonyl (C=O) groups excluding carboxylic acids is 1. The number of ether oxygens (including phenoxy) is 1. The summed E-state index contributed by atoms with van der Waals surface area (Å²) in [6.07, 6.45) is 2.01. The molecule has 2 aromatic carbocycles. The first-order chi connectivity index (χ1) is 21.3. The van der Waals surface area contributed by atoms with E-state index in [-0.39, 0.29) is 28.9 Å². The van der Waals surface area contributed by atoms with Crippen molar-refractivity contribution in [3.05, 3.63) is 65.2 Å². The van der Waals surface area contributed by atoms with Crippen LogP contribution in [0.4, 0.5) is 27.4 Å². The topological polar surface area (TPSA) is 122 Å². The molecule has 2 N–H and O–H groups in total. The number of sulfone groups is 1. The third-order valence-electron chi connectivity index (χ3n) is 7.67. The first-order valence-corrected chi connectivity index (χ1v) is 16.3. The van der Waals surface area contributed by atoms with Gasteiger partial charge in [0.05, 0.1) is 52.1 Å². The lowest BCUT2D eigenvalue weighted by atomic mass is 10.0. The van der Waals surface area contributed by atoms with Gasteiger partial charge in [-0.15, -0.1) is 0 Å². The fraction of sp³-hybridized carbons (Fsp3) is 0.323. The summed E-state index contributed by atoms with van der Waals surface area (Å²) in [7, 11) is 5.82. The molecule has 0 radical (unpaired) electrons. The van der Waals surface area contributed by atoms with Gasteiger partial charge in [0, 0.05) is 67.9 Å². The van der Waals surface area contributed by atoms with Gasteiger partial charge in [-0.2, -0.15) is 0 Å². The molecule has 0 aliphatic carbocycles. The number of nitrogens with one attached hydrogen (secondary N) is 2. The van der Waals surface area contributed by atoms with Crippen LogP contribution in [-0.2, 0) is 33.9 Å². The normalized spacial score (nSPS) is 13.9. The van der Waals surface area contributed by atoms with E-state index in [1.54, 1.807) is 18.2 Å². The highest BCUT2D eigenvalue weighted by Crippen LogP contribution is 2.40. The Labute approximate surface area is 266 Å². The number of anilines is 4. The molecule has 4 aromatic rings. The number of benzene rings is 2. The predicted octanol–water partition coefficient (Wildman–Crippen LogP) is 4.69. The Hall–Kier alpha value is -4.20. The van der Waals surface area contributed by atoms with E-state index < -0.39 is 21.6 Å². The summed E-state index contributed by atoms with van der Waals surface area (Å²) in [6, 6.07) is 7.94. The van der Waals surface area contributed by atoms with Gasteiger partial charge in [0.1, 0.15) is 11.6 Å². The molecular formula is C31H35ClFN7O4S. The standard InChI is InChI=1S/C31H35ClFN7O4S/c1-18(32)30(41)34-24-14-25(28(44-6)15-27(24)39(4)11-10-38(2)3)36-31-35-23-9-12-45(42,43)17-22(23)29(37-31)21-16-40(5)26-8-7-19(33)13-20(21)26/h7-8,13-16H,1,9-12,17H2,2-6H3,(H,34,41)(H,35,36,37). The van der Waals surface area contributed by atoms with E-state index in [0.29, 0.717) is 57.3 Å². The molecular weight excluding hydrogens is 621 g/mol. The minimum atomic E-state index is -3.38. The van der Waals surface area contributed by atoms with Gasteiger partial charge in [-0.1, -0.05) is 18.2 Å². The molecule has 0 atom stereocenters. The maximum Gasteiger partial charge on any atom is 0.266 e. The number of halogens is 2. The number of likely N-dealkylation sites (N-methyl/N-ethyl adjacent to an activating group) is 2. The Morgan fingerprint density at radius 3 is 2.60 bits per heavy atom. The van der Waals surface area contributed by atoms with E-state index in [0.717, 1.165) is 12.1 Å². The predicted molar refractivity (Wildman–Crippen MR) is 177 cm³/mol. The van der Waals surface area contributed by atoms with E-state index in [9.17, 15) is 17.6 Å². The maximum absolute atomic E-state index is 14.4. The lowest BCUT2D eigenvalue weighted by molar-refractivity contribution is -0.112. The summed E-state index contributed by atoms with van der Waals surface area (Å²) in [5.41, 5.74) is 4.39. The van der Waals surface area contributed by atoms with Crippen LogP contribution in [0.25, 0.3) is 22.2 Å². The van der Waals surface area contributed by atoms with Gasteiger partial charge in [-0.3, -0.25) is 4.79 Å². The van der Waals surface area contributed by atoms with Gasteiger partial charge < -0.3 is 29.7 Å². The van der Waals surface area contributed by atoms with Gasteiger partial charge in [0.2, 0.25) is 5.95 Å². The van der Waals surface area contributed by atoms with Crippen LogP contribution in [0.3, 0.4) is 0 Å². The average molecular weight is 656 g/mol. The number of aromatic nitrogens is 3. The highest BCUT2D eigenvalue weighted by Gasteiger charge is 2.29. The van der Waals surface area contributed by atoms with Crippen molar-refractivity contribution < 1.29 is 22.3 Å². The molecule has 0 fully saturated rings. The second-order valence-corrected chi connectivity index (χ2v) is 13.9. The summed E-state index contributed by atoms with van der Waals surface area (Å²) >= 11 is 5.90. The summed E-state index contributed by atoms with van der Waals surface area (Å²) in [5.74, 6) is -0.621. The molecule has 0 saturated carbocycles. The molecule has 45 heavy (non-hydrogen) atoms. The maximum atomic E-state index is 14.4. The van der Waals surface area contributed by atoms with Gasteiger partial charge in [0.25, 0.3) is 5.91 Å². The molecule has 0 unspecified atom stereocenters. The van der Waals surface area contributed by atoms with Crippen molar-refractivity contribution in [3.63, 3.8) is 0 Å². The third-order valence-corrected chi connectivity index (χ3v) is 9.39. The number of hydrogen-bond acceptors (Lipinski definition) is 9. The van der Waals surface area contributed by atoms with Crippen molar-refractivity contribution in [2.24, 2.45) is 7.05 Å². The van der Waals surface area contributed by atoms with Crippen molar-refractivity contribution in [3.8, 4) is 17.0 Å². The molecule has 14 heteroatoms. The Kier molecular flexibility index (Phi) is 9.06. The second-order valence-electron chi connectivity index (χ2n) is 11.3. The molecule has 11 nitrogen and oxygen atoms in total. The summed E-state index contributed by atoms with van der Waals surface area (Å²) in [5, 5.41) is 6.46. The van der Waals surface area contributed by atoms with E-state index in [2.05, 4.69) is 17.2 Å². The van der Waals surface area contributed by atoms with E-state index in [1.807, 2.05) is 48.8 Å². The highest BCUT2D eigenvalue weighted by molar-refractivity contribution is 7.90. The van der Waals surface area contributed by atoms with Crippen LogP contribution in [0.5, 0.6) is 5.75 Å². The number of nitrogens with zero attached hydrogens (tertiary/aromatic N) is 5. The van der Waals surface area contributed by atoms with Crippen LogP contribution < -0.4 is 20.3 Å². The minimum Gasteiger partial charge on any atom is -0.494 e. The van der Waals surface area contributed by atoms with Gasteiger partial charge in [-0.25, -0.2) is 22.8 Å². The van der Waals surface area contributed by atoms with Gasteiger partial charge in [-0.05, 0) is 38.4 Å². The molecule has 238 valence electrons. The van der Waals surface area contributed by atoms with Gasteiger partial charge in [0.15, 0.2) is 9.84 Å². The first kappa shape index (κ1) is 32.2. The lowest BCUT2D eigenvalue weighted by Gasteiger charge is -2.26. The summed E-state index contributed by atoms with van der Waals surface area (Å²) in [4.78, 5) is 26.1. The van der Waals surface area contributed by atoms with Crippen LogP contribution in [0.15, 0.2) is 48.1 Å². The van der Waals surface area contributed by atoms with E-state index >= 15 is 0 Å². The second kappa shape index (κ2) is 12.7. The number of rotatable bonds is 10. The molecule has 0 spiro atoms. The highest BCUT2D eigenvalue weighted by atomic mass is 35.5. The van der Waals surface area contributed by atoms with Crippen LogP contribution in [0, 0.1) is 5.82 Å². The average Bonchev–Trinajstić information content (AvgIpc) is 3.30. The summed E-state index contributed by atoms with van der Waals surface area (Å²) in [6.45, 7) is 4.94. The van der Waals surface area contributed by atoms with Crippen molar-refractivity contribution in [1.82, 2.24) is 19.4 Å². The number of amides is 1. The third kappa shape index (κ3) is 6.90. The van der Waals surface area contributed by atoms with Crippen molar-refractivity contribution >= 4 is 61.3 Å². The Morgan fingerprint density at radius 2 is 1.91 bits per heavy atom. The van der Waals surface area contributed by atoms with Crippen LogP contribution in [0.1, 0.15) is 11.3 Å². The zero-order valence-electron chi connectivity index (χ0n) is 25.7. The van der Waals surface area contributed by atoms with Crippen molar-refractivity contribution in [2.75, 3.05) is 62.6 Å². The van der Waals surface area contributed by atoms with Crippen LogP contribution in [0.2, 0.25) is 0 Å². The van der Waals surface area contributed by atoms with Crippen LogP contribution >= 0.6 is 11.6 Å². The first-order valence-electron chi connectivity index (χ1n) is 14.1. The summed E-state index contributed by atoms with van der Waals surface area (Å²) < 4.78 is 47.4. The number of hydrogen-bond donors (Lipinski definition) is 2. The molecule has 1 aliphatic rings. The monoisotopic (exact) mass is 655 g/mol. The molecule has 0 saturated heterocycles. The fourth-order valence-corrected chi connectivity index (χ4v) is 6.74. The molecule has 3 heterocycles. The fourth-order valence-electron chi connectivity index (χ4n) is 5.30. The van der Waals surface area contributed by atoms with Crippen LogP contribution in [-0.4, -0.2) is 80.9 Å². The number of methoxy groups -OCH3 is 1. The number of aryl methyl sites for hydroxylation is 2. The Balaban J connectivity index is 1.64.